The maximum absolute atomic E-state index is 12.3. The second-order valence-corrected chi connectivity index (χ2v) is 6.62. The molecule has 2 rings (SSSR count). The van der Waals surface area contributed by atoms with E-state index in [1.807, 2.05) is 37.3 Å². The van der Waals surface area contributed by atoms with Gasteiger partial charge in [0.05, 0.1) is 18.2 Å². The molecule has 5 nitrogen and oxygen atoms in total. The Labute approximate surface area is 159 Å². The number of anilines is 1. The summed E-state index contributed by atoms with van der Waals surface area (Å²) in [5.74, 6) is -0.250. The summed E-state index contributed by atoms with van der Waals surface area (Å²) < 4.78 is 0. The van der Waals surface area contributed by atoms with E-state index in [0.717, 1.165) is 12.0 Å². The standard InChI is InChI=1S/C20H24ClN3O2/c1-4-17(14-9-11-15(21)12-10-14)23-19(25)13-22-18-8-6-5-7-16(18)20(26)24(2)3/h5-12,17,22H,4,13H2,1-3H3,(H,23,25). The molecule has 0 fully saturated rings. The van der Waals surface area contributed by atoms with Gasteiger partial charge >= 0.3 is 0 Å². The minimum atomic E-state index is -0.140. The SMILES string of the molecule is CCC(NC(=O)CNc1ccccc1C(=O)N(C)C)c1ccc(Cl)cc1. The largest absolute Gasteiger partial charge is 0.376 e. The van der Waals surface area contributed by atoms with Crippen molar-refractivity contribution in [3.8, 4) is 0 Å². The van der Waals surface area contributed by atoms with E-state index >= 15 is 0 Å². The molecule has 0 aliphatic heterocycles. The van der Waals surface area contributed by atoms with E-state index in [9.17, 15) is 9.59 Å². The molecule has 2 aromatic carbocycles. The molecule has 138 valence electrons. The number of amides is 2. The number of hydrogen-bond donors (Lipinski definition) is 2. The van der Waals surface area contributed by atoms with Crippen molar-refractivity contribution in [2.45, 2.75) is 19.4 Å². The lowest BCUT2D eigenvalue weighted by molar-refractivity contribution is -0.120. The third-order valence-corrected chi connectivity index (χ3v) is 4.27. The van der Waals surface area contributed by atoms with E-state index in [1.54, 1.807) is 32.3 Å². The monoisotopic (exact) mass is 373 g/mol. The Hall–Kier alpha value is -2.53. The van der Waals surface area contributed by atoms with Gasteiger partial charge < -0.3 is 15.5 Å². The quantitative estimate of drug-likeness (QED) is 0.777. The van der Waals surface area contributed by atoms with Crippen LogP contribution in [0.2, 0.25) is 5.02 Å². The Bertz CT molecular complexity index is 760. The van der Waals surface area contributed by atoms with Gasteiger partial charge in [0, 0.05) is 24.8 Å². The van der Waals surface area contributed by atoms with Crippen LogP contribution in [0.15, 0.2) is 48.5 Å². The average molecular weight is 374 g/mol. The second-order valence-electron chi connectivity index (χ2n) is 6.18. The lowest BCUT2D eigenvalue weighted by Gasteiger charge is -2.19. The summed E-state index contributed by atoms with van der Waals surface area (Å²) in [7, 11) is 3.40. The highest BCUT2D eigenvalue weighted by Gasteiger charge is 2.15. The summed E-state index contributed by atoms with van der Waals surface area (Å²) in [5.41, 5.74) is 2.18. The number of halogens is 1. The minimum absolute atomic E-state index is 0.0831. The Morgan fingerprint density at radius 1 is 1.08 bits per heavy atom. The van der Waals surface area contributed by atoms with Crippen LogP contribution in [0.1, 0.15) is 35.3 Å². The highest BCUT2D eigenvalue weighted by Crippen LogP contribution is 2.19. The van der Waals surface area contributed by atoms with Gasteiger partial charge in [0.2, 0.25) is 5.91 Å². The van der Waals surface area contributed by atoms with Crippen molar-refractivity contribution in [1.29, 1.82) is 0 Å². The minimum Gasteiger partial charge on any atom is -0.376 e. The first-order chi connectivity index (χ1) is 12.4. The molecule has 1 unspecified atom stereocenters. The van der Waals surface area contributed by atoms with E-state index < -0.39 is 0 Å². The fourth-order valence-corrected chi connectivity index (χ4v) is 2.73. The fraction of sp³-hybridized carbons (Fsp3) is 0.300. The van der Waals surface area contributed by atoms with Crippen molar-refractivity contribution in [3.05, 3.63) is 64.7 Å². The lowest BCUT2D eigenvalue weighted by Crippen LogP contribution is -2.33. The van der Waals surface area contributed by atoms with Gasteiger partial charge in [-0.3, -0.25) is 9.59 Å². The zero-order chi connectivity index (χ0) is 19.1. The van der Waals surface area contributed by atoms with E-state index in [-0.39, 0.29) is 24.4 Å². The summed E-state index contributed by atoms with van der Waals surface area (Å²) in [6.07, 6.45) is 0.767. The molecule has 6 heteroatoms. The van der Waals surface area contributed by atoms with Crippen LogP contribution in [0.5, 0.6) is 0 Å². The van der Waals surface area contributed by atoms with Gasteiger partial charge in [-0.05, 0) is 36.2 Å². The van der Waals surface area contributed by atoms with Crippen LogP contribution in [0.25, 0.3) is 0 Å². The molecule has 2 amide bonds. The van der Waals surface area contributed by atoms with Gasteiger partial charge in [0.15, 0.2) is 0 Å². The number of carbonyl (C=O) groups is 2. The van der Waals surface area contributed by atoms with Gasteiger partial charge in [0.25, 0.3) is 5.91 Å². The van der Waals surface area contributed by atoms with E-state index in [2.05, 4.69) is 10.6 Å². The molecule has 0 spiro atoms. The Morgan fingerprint density at radius 3 is 2.35 bits per heavy atom. The normalized spacial score (nSPS) is 11.5. The smallest absolute Gasteiger partial charge is 0.255 e. The fourth-order valence-electron chi connectivity index (χ4n) is 2.60. The zero-order valence-corrected chi connectivity index (χ0v) is 16.0. The highest BCUT2D eigenvalue weighted by molar-refractivity contribution is 6.30. The predicted molar refractivity (Wildman–Crippen MR) is 106 cm³/mol. The molecule has 0 aliphatic carbocycles. The van der Waals surface area contributed by atoms with Crippen molar-refractivity contribution in [2.24, 2.45) is 0 Å². The zero-order valence-electron chi connectivity index (χ0n) is 15.3. The third-order valence-electron chi connectivity index (χ3n) is 4.02. The van der Waals surface area contributed by atoms with E-state index in [1.165, 1.54) is 4.90 Å². The number of carbonyl (C=O) groups excluding carboxylic acids is 2. The molecule has 0 bridgehead atoms. The third kappa shape index (κ3) is 5.23. The molecule has 0 saturated heterocycles. The number of benzene rings is 2. The van der Waals surface area contributed by atoms with Crippen molar-refractivity contribution in [1.82, 2.24) is 10.2 Å². The Morgan fingerprint density at radius 2 is 1.73 bits per heavy atom. The van der Waals surface area contributed by atoms with Gasteiger partial charge in [0.1, 0.15) is 0 Å². The number of rotatable bonds is 7. The molecule has 0 radical (unpaired) electrons. The van der Waals surface area contributed by atoms with Crippen molar-refractivity contribution >= 4 is 29.1 Å². The molecule has 0 heterocycles. The van der Waals surface area contributed by atoms with Crippen molar-refractivity contribution < 1.29 is 9.59 Å². The summed E-state index contributed by atoms with van der Waals surface area (Å²) >= 11 is 5.92. The Balaban J connectivity index is 2.00. The van der Waals surface area contributed by atoms with E-state index in [0.29, 0.717) is 16.3 Å². The van der Waals surface area contributed by atoms with Crippen LogP contribution in [-0.4, -0.2) is 37.4 Å². The van der Waals surface area contributed by atoms with Crippen LogP contribution in [0, 0.1) is 0 Å². The predicted octanol–water partition coefficient (Wildman–Crippen LogP) is 3.72. The van der Waals surface area contributed by atoms with Crippen LogP contribution >= 0.6 is 11.6 Å². The first-order valence-electron chi connectivity index (χ1n) is 8.51. The molecule has 1 atom stereocenters. The van der Waals surface area contributed by atoms with Crippen molar-refractivity contribution in [2.75, 3.05) is 26.0 Å². The lowest BCUT2D eigenvalue weighted by atomic mass is 10.0. The average Bonchev–Trinajstić information content (AvgIpc) is 2.64. The first kappa shape index (κ1) is 19.8. The van der Waals surface area contributed by atoms with Crippen LogP contribution in [0.4, 0.5) is 5.69 Å². The van der Waals surface area contributed by atoms with Crippen molar-refractivity contribution in [3.63, 3.8) is 0 Å². The van der Waals surface area contributed by atoms with Crippen LogP contribution < -0.4 is 10.6 Å². The van der Waals surface area contributed by atoms with Gasteiger partial charge in [-0.2, -0.15) is 0 Å². The van der Waals surface area contributed by atoms with Gasteiger partial charge in [-0.1, -0.05) is 42.8 Å². The first-order valence-corrected chi connectivity index (χ1v) is 8.89. The van der Waals surface area contributed by atoms with E-state index in [4.69, 9.17) is 11.6 Å². The Kier molecular flexibility index (Phi) is 7.04. The molecule has 2 aromatic rings. The number of hydrogen-bond acceptors (Lipinski definition) is 3. The molecule has 0 aliphatic rings. The molecule has 26 heavy (non-hydrogen) atoms. The highest BCUT2D eigenvalue weighted by atomic mass is 35.5. The second kappa shape index (κ2) is 9.25. The molecule has 0 aromatic heterocycles. The molecule has 0 saturated carbocycles. The molecular weight excluding hydrogens is 350 g/mol. The summed E-state index contributed by atoms with van der Waals surface area (Å²) in [5, 5.41) is 6.73. The van der Waals surface area contributed by atoms with Crippen LogP contribution in [0.3, 0.4) is 0 Å². The summed E-state index contributed by atoms with van der Waals surface area (Å²) in [4.78, 5) is 26.1. The topological polar surface area (TPSA) is 61.4 Å². The maximum Gasteiger partial charge on any atom is 0.255 e. The summed E-state index contributed by atoms with van der Waals surface area (Å²) in [6, 6.07) is 14.5. The van der Waals surface area contributed by atoms with Gasteiger partial charge in [-0.15, -0.1) is 0 Å². The summed E-state index contributed by atoms with van der Waals surface area (Å²) in [6.45, 7) is 2.10. The number of nitrogens with one attached hydrogen (secondary N) is 2. The van der Waals surface area contributed by atoms with Gasteiger partial charge in [-0.25, -0.2) is 0 Å². The molecule has 2 N–H and O–H groups in total. The maximum atomic E-state index is 12.3. The number of para-hydroxylation sites is 1. The van der Waals surface area contributed by atoms with Crippen LogP contribution in [-0.2, 0) is 4.79 Å². The number of nitrogens with zero attached hydrogens (tertiary/aromatic N) is 1. The molecular formula is C20H24ClN3O2.